The van der Waals surface area contributed by atoms with Crippen molar-refractivity contribution in [2.75, 3.05) is 0 Å². The lowest BCUT2D eigenvalue weighted by atomic mass is 9.72. The van der Waals surface area contributed by atoms with E-state index in [-0.39, 0.29) is 0 Å². The summed E-state index contributed by atoms with van der Waals surface area (Å²) in [5.41, 5.74) is 5.74. The minimum absolute atomic E-state index is 0.577. The van der Waals surface area contributed by atoms with E-state index in [4.69, 9.17) is 5.73 Å². The van der Waals surface area contributed by atoms with Crippen LogP contribution in [0.2, 0.25) is 0 Å². The number of hydrogen-bond acceptors (Lipinski definition) is 1. The predicted octanol–water partition coefficient (Wildman–Crippen LogP) is 1.77. The van der Waals surface area contributed by atoms with Crippen LogP contribution in [0.25, 0.3) is 0 Å². The maximum Gasteiger partial charge on any atom is 0.00710 e. The first-order valence-corrected chi connectivity index (χ1v) is 4.53. The molecule has 2 unspecified atom stereocenters. The Morgan fingerprint density at radius 2 is 2.00 bits per heavy atom. The SMILES string of the molecule is CC1CC[C@H]1C[C@H]1CC1N. The van der Waals surface area contributed by atoms with Gasteiger partial charge in [0.1, 0.15) is 0 Å². The summed E-state index contributed by atoms with van der Waals surface area (Å²) in [7, 11) is 0. The average Bonchev–Trinajstić information content (AvgIpc) is 2.58. The van der Waals surface area contributed by atoms with E-state index in [1.165, 1.54) is 25.7 Å². The molecule has 1 nitrogen and oxygen atoms in total. The van der Waals surface area contributed by atoms with Crippen molar-refractivity contribution in [2.45, 2.75) is 38.6 Å². The van der Waals surface area contributed by atoms with Gasteiger partial charge in [0.25, 0.3) is 0 Å². The van der Waals surface area contributed by atoms with Crippen molar-refractivity contribution in [2.24, 2.45) is 23.5 Å². The maximum atomic E-state index is 5.74. The van der Waals surface area contributed by atoms with Crippen LogP contribution in [0.4, 0.5) is 0 Å². The molecule has 2 aliphatic carbocycles. The molecule has 58 valence electrons. The van der Waals surface area contributed by atoms with E-state index in [9.17, 15) is 0 Å². The Morgan fingerprint density at radius 3 is 2.30 bits per heavy atom. The largest absolute Gasteiger partial charge is 0.327 e. The minimum atomic E-state index is 0.577. The molecular weight excluding hydrogens is 122 g/mol. The van der Waals surface area contributed by atoms with Crippen LogP contribution in [-0.2, 0) is 0 Å². The molecule has 2 aliphatic rings. The van der Waals surface area contributed by atoms with Crippen LogP contribution in [0, 0.1) is 17.8 Å². The first-order chi connectivity index (χ1) is 4.77. The third-order valence-electron chi connectivity index (χ3n) is 3.38. The van der Waals surface area contributed by atoms with Gasteiger partial charge < -0.3 is 5.73 Å². The zero-order valence-electron chi connectivity index (χ0n) is 6.72. The Hall–Kier alpha value is -0.0400. The van der Waals surface area contributed by atoms with E-state index >= 15 is 0 Å². The summed E-state index contributed by atoms with van der Waals surface area (Å²) in [5.74, 6) is 2.96. The molecule has 0 aliphatic heterocycles. The second-order valence-corrected chi connectivity index (χ2v) is 4.21. The van der Waals surface area contributed by atoms with Crippen molar-refractivity contribution >= 4 is 0 Å². The van der Waals surface area contributed by atoms with Crippen LogP contribution in [-0.4, -0.2) is 6.04 Å². The molecule has 0 saturated heterocycles. The standard InChI is InChI=1S/C9H17N/c1-6-2-3-7(6)4-8-5-9(8)10/h6-9H,2-5,10H2,1H3/t6?,7-,8-,9?/m0/s1. The van der Waals surface area contributed by atoms with E-state index < -0.39 is 0 Å². The van der Waals surface area contributed by atoms with Crippen LogP contribution in [0.5, 0.6) is 0 Å². The summed E-state index contributed by atoms with van der Waals surface area (Å²) in [6, 6.07) is 0.577. The van der Waals surface area contributed by atoms with Gasteiger partial charge in [-0.2, -0.15) is 0 Å². The van der Waals surface area contributed by atoms with Gasteiger partial charge in [0, 0.05) is 6.04 Å². The Kier molecular flexibility index (Phi) is 1.48. The van der Waals surface area contributed by atoms with Gasteiger partial charge in [0.15, 0.2) is 0 Å². The van der Waals surface area contributed by atoms with E-state index in [1.807, 2.05) is 0 Å². The third-order valence-corrected chi connectivity index (χ3v) is 3.38. The van der Waals surface area contributed by atoms with Gasteiger partial charge in [-0.1, -0.05) is 13.3 Å². The van der Waals surface area contributed by atoms with E-state index in [1.54, 1.807) is 0 Å². The average molecular weight is 139 g/mol. The highest BCUT2D eigenvalue weighted by molar-refractivity contribution is 4.93. The fraction of sp³-hybridized carbons (Fsp3) is 1.00. The molecule has 2 N–H and O–H groups in total. The van der Waals surface area contributed by atoms with Crippen molar-refractivity contribution in [3.63, 3.8) is 0 Å². The highest BCUT2D eigenvalue weighted by Gasteiger charge is 2.38. The number of hydrogen-bond donors (Lipinski definition) is 1. The van der Waals surface area contributed by atoms with E-state index in [0.29, 0.717) is 6.04 Å². The third kappa shape index (κ3) is 1.07. The maximum absolute atomic E-state index is 5.74. The van der Waals surface area contributed by atoms with Crippen LogP contribution < -0.4 is 5.73 Å². The topological polar surface area (TPSA) is 26.0 Å². The molecule has 0 aromatic carbocycles. The second kappa shape index (κ2) is 2.23. The molecule has 10 heavy (non-hydrogen) atoms. The first kappa shape index (κ1) is 6.66. The zero-order chi connectivity index (χ0) is 7.14. The Balaban J connectivity index is 1.71. The molecule has 2 rings (SSSR count). The summed E-state index contributed by atoms with van der Waals surface area (Å²) >= 11 is 0. The van der Waals surface area contributed by atoms with E-state index in [0.717, 1.165) is 17.8 Å². The summed E-state index contributed by atoms with van der Waals surface area (Å²) in [6.45, 7) is 2.38. The summed E-state index contributed by atoms with van der Waals surface area (Å²) in [4.78, 5) is 0. The molecule has 0 bridgehead atoms. The summed E-state index contributed by atoms with van der Waals surface area (Å²) in [5, 5.41) is 0. The lowest BCUT2D eigenvalue weighted by Crippen LogP contribution is -2.24. The second-order valence-electron chi connectivity index (χ2n) is 4.21. The predicted molar refractivity (Wildman–Crippen MR) is 42.6 cm³/mol. The van der Waals surface area contributed by atoms with Gasteiger partial charge in [-0.3, -0.25) is 0 Å². The normalized spacial score (nSPS) is 52.2. The Morgan fingerprint density at radius 1 is 1.30 bits per heavy atom. The molecule has 0 amide bonds. The highest BCUT2D eigenvalue weighted by Crippen LogP contribution is 2.44. The lowest BCUT2D eigenvalue weighted by Gasteiger charge is -2.34. The van der Waals surface area contributed by atoms with Crippen LogP contribution in [0.3, 0.4) is 0 Å². The van der Waals surface area contributed by atoms with Crippen LogP contribution >= 0.6 is 0 Å². The van der Waals surface area contributed by atoms with Gasteiger partial charge in [-0.25, -0.2) is 0 Å². The molecule has 4 atom stereocenters. The van der Waals surface area contributed by atoms with Gasteiger partial charge in [0.05, 0.1) is 0 Å². The van der Waals surface area contributed by atoms with Crippen molar-refractivity contribution in [3.8, 4) is 0 Å². The smallest absolute Gasteiger partial charge is 0.00710 e. The van der Waals surface area contributed by atoms with Gasteiger partial charge in [-0.05, 0) is 37.0 Å². The first-order valence-electron chi connectivity index (χ1n) is 4.53. The Bertz CT molecular complexity index is 133. The van der Waals surface area contributed by atoms with Crippen molar-refractivity contribution in [1.82, 2.24) is 0 Å². The summed E-state index contributed by atoms with van der Waals surface area (Å²) < 4.78 is 0. The fourth-order valence-electron chi connectivity index (χ4n) is 2.02. The molecule has 0 radical (unpaired) electrons. The van der Waals surface area contributed by atoms with Gasteiger partial charge >= 0.3 is 0 Å². The van der Waals surface area contributed by atoms with Crippen molar-refractivity contribution in [3.05, 3.63) is 0 Å². The molecule has 0 aromatic rings. The van der Waals surface area contributed by atoms with Gasteiger partial charge in [-0.15, -0.1) is 0 Å². The molecule has 2 saturated carbocycles. The van der Waals surface area contributed by atoms with Crippen molar-refractivity contribution < 1.29 is 0 Å². The monoisotopic (exact) mass is 139 g/mol. The quantitative estimate of drug-likeness (QED) is 0.620. The molecule has 2 fully saturated rings. The van der Waals surface area contributed by atoms with Gasteiger partial charge in [0.2, 0.25) is 0 Å². The number of nitrogens with two attached hydrogens (primary N) is 1. The summed E-state index contributed by atoms with van der Waals surface area (Å²) in [6.07, 6.45) is 5.68. The molecule has 1 heteroatoms. The lowest BCUT2D eigenvalue weighted by molar-refractivity contribution is 0.174. The molecule has 0 aromatic heterocycles. The minimum Gasteiger partial charge on any atom is -0.327 e. The van der Waals surface area contributed by atoms with Crippen LogP contribution in [0.15, 0.2) is 0 Å². The fourth-order valence-corrected chi connectivity index (χ4v) is 2.02. The zero-order valence-corrected chi connectivity index (χ0v) is 6.72. The Labute approximate surface area is 63.0 Å². The van der Waals surface area contributed by atoms with Crippen LogP contribution in [0.1, 0.15) is 32.6 Å². The molecule has 0 heterocycles. The number of rotatable bonds is 2. The van der Waals surface area contributed by atoms with Crippen molar-refractivity contribution in [1.29, 1.82) is 0 Å². The molecule has 0 spiro atoms. The van der Waals surface area contributed by atoms with E-state index in [2.05, 4.69) is 6.92 Å². The highest BCUT2D eigenvalue weighted by atomic mass is 14.7. The molecular formula is C9H17N.